The van der Waals surface area contributed by atoms with Crippen LogP contribution in [0.25, 0.3) is 16.9 Å². The predicted molar refractivity (Wildman–Crippen MR) is 89.9 cm³/mol. The molecular formula is C17H19N5O. The number of ether oxygens (including phenoxy) is 1. The molecule has 0 spiro atoms. The summed E-state index contributed by atoms with van der Waals surface area (Å²) in [6.07, 6.45) is 2.83. The number of benzene rings is 1. The number of anilines is 1. The highest BCUT2D eigenvalue weighted by atomic mass is 16.5. The van der Waals surface area contributed by atoms with Gasteiger partial charge < -0.3 is 15.4 Å². The van der Waals surface area contributed by atoms with Crippen molar-refractivity contribution in [2.24, 2.45) is 0 Å². The zero-order valence-corrected chi connectivity index (χ0v) is 12.8. The Balaban J connectivity index is 1.78. The van der Waals surface area contributed by atoms with Gasteiger partial charge >= 0.3 is 0 Å². The first-order chi connectivity index (χ1) is 11.4. The SMILES string of the molecule is c1cc2cc(c1)-c1cnc3ccc(nn13)NCCNCCCO2. The lowest BCUT2D eigenvalue weighted by atomic mass is 10.1. The molecule has 2 N–H and O–H groups in total. The van der Waals surface area contributed by atoms with Crippen molar-refractivity contribution in [2.75, 3.05) is 31.6 Å². The van der Waals surface area contributed by atoms with Crippen LogP contribution in [-0.4, -0.2) is 40.8 Å². The molecule has 0 saturated carbocycles. The molecule has 1 aromatic carbocycles. The van der Waals surface area contributed by atoms with E-state index in [0.29, 0.717) is 6.61 Å². The lowest BCUT2D eigenvalue weighted by Gasteiger charge is -2.08. The van der Waals surface area contributed by atoms with Crippen LogP contribution < -0.4 is 15.4 Å². The average Bonchev–Trinajstić information content (AvgIpc) is 3.00. The minimum absolute atomic E-state index is 0.706. The van der Waals surface area contributed by atoms with Crippen LogP contribution in [0.15, 0.2) is 42.6 Å². The summed E-state index contributed by atoms with van der Waals surface area (Å²) in [5.74, 6) is 1.72. The first-order valence-electron chi connectivity index (χ1n) is 7.93. The standard InChI is InChI=1S/C17H19N5O/c1-3-13-11-14(4-1)23-10-2-7-18-8-9-19-16-5-6-17-20-12-15(13)22(17)21-16/h1,3-6,11-12,18H,2,7-10H2,(H,19,21). The van der Waals surface area contributed by atoms with Gasteiger partial charge in [0, 0.05) is 18.7 Å². The zero-order chi connectivity index (χ0) is 15.5. The van der Waals surface area contributed by atoms with Gasteiger partial charge in [-0.05, 0) is 37.2 Å². The smallest absolute Gasteiger partial charge is 0.154 e. The van der Waals surface area contributed by atoms with Gasteiger partial charge in [0.15, 0.2) is 5.65 Å². The van der Waals surface area contributed by atoms with Crippen LogP contribution >= 0.6 is 0 Å². The van der Waals surface area contributed by atoms with Crippen LogP contribution in [0.1, 0.15) is 6.42 Å². The maximum Gasteiger partial charge on any atom is 0.154 e. The molecular weight excluding hydrogens is 290 g/mol. The van der Waals surface area contributed by atoms with Crippen LogP contribution in [-0.2, 0) is 0 Å². The molecule has 0 radical (unpaired) electrons. The van der Waals surface area contributed by atoms with E-state index in [4.69, 9.17) is 4.74 Å². The third-order valence-electron chi connectivity index (χ3n) is 3.87. The third kappa shape index (κ3) is 2.98. The fourth-order valence-corrected chi connectivity index (χ4v) is 2.70. The molecule has 0 aliphatic carbocycles. The van der Waals surface area contributed by atoms with E-state index in [0.717, 1.165) is 54.5 Å². The highest BCUT2D eigenvalue weighted by molar-refractivity contribution is 5.65. The molecule has 4 rings (SSSR count). The molecule has 1 aliphatic heterocycles. The van der Waals surface area contributed by atoms with Crippen molar-refractivity contribution in [2.45, 2.75) is 6.42 Å². The van der Waals surface area contributed by atoms with Crippen molar-refractivity contribution in [3.8, 4) is 17.0 Å². The van der Waals surface area contributed by atoms with Crippen molar-refractivity contribution < 1.29 is 4.74 Å². The van der Waals surface area contributed by atoms with Crippen LogP contribution in [0.4, 0.5) is 5.82 Å². The highest BCUT2D eigenvalue weighted by Crippen LogP contribution is 2.25. The van der Waals surface area contributed by atoms with E-state index in [-0.39, 0.29) is 0 Å². The van der Waals surface area contributed by atoms with Gasteiger partial charge in [-0.25, -0.2) is 9.50 Å². The molecule has 4 bridgehead atoms. The van der Waals surface area contributed by atoms with Gasteiger partial charge in [0.05, 0.1) is 18.5 Å². The van der Waals surface area contributed by atoms with Crippen molar-refractivity contribution in [3.63, 3.8) is 0 Å². The summed E-state index contributed by atoms with van der Waals surface area (Å²) >= 11 is 0. The molecule has 1 aliphatic rings. The van der Waals surface area contributed by atoms with Crippen LogP contribution in [0.5, 0.6) is 5.75 Å². The lowest BCUT2D eigenvalue weighted by Crippen LogP contribution is -2.24. The Kier molecular flexibility index (Phi) is 3.81. The van der Waals surface area contributed by atoms with E-state index < -0.39 is 0 Å². The predicted octanol–water partition coefficient (Wildman–Crippen LogP) is 2.18. The van der Waals surface area contributed by atoms with Crippen molar-refractivity contribution in [3.05, 3.63) is 42.6 Å². The maximum atomic E-state index is 5.84. The highest BCUT2D eigenvalue weighted by Gasteiger charge is 2.09. The second kappa shape index (κ2) is 6.26. The molecule has 23 heavy (non-hydrogen) atoms. The summed E-state index contributed by atoms with van der Waals surface area (Å²) in [5, 5.41) is 11.4. The summed E-state index contributed by atoms with van der Waals surface area (Å²) in [5.41, 5.74) is 2.84. The minimum atomic E-state index is 0.706. The van der Waals surface area contributed by atoms with Crippen LogP contribution in [0.3, 0.4) is 0 Å². The summed E-state index contributed by atoms with van der Waals surface area (Å²) in [4.78, 5) is 4.44. The van der Waals surface area contributed by atoms with Gasteiger partial charge in [-0.3, -0.25) is 0 Å². The lowest BCUT2D eigenvalue weighted by molar-refractivity contribution is 0.308. The van der Waals surface area contributed by atoms with Crippen molar-refractivity contribution >= 4 is 11.5 Å². The summed E-state index contributed by atoms with van der Waals surface area (Å²) < 4.78 is 7.71. The molecule has 3 heterocycles. The van der Waals surface area contributed by atoms with Gasteiger partial charge in [-0.1, -0.05) is 12.1 Å². The van der Waals surface area contributed by atoms with Gasteiger partial charge in [-0.2, -0.15) is 0 Å². The van der Waals surface area contributed by atoms with Gasteiger partial charge in [-0.15, -0.1) is 5.10 Å². The average molecular weight is 309 g/mol. The van der Waals surface area contributed by atoms with Gasteiger partial charge in [0.2, 0.25) is 0 Å². The Hall–Kier alpha value is -2.60. The van der Waals surface area contributed by atoms with E-state index in [1.54, 1.807) is 0 Å². The van der Waals surface area contributed by atoms with Crippen LogP contribution in [0, 0.1) is 0 Å². The maximum absolute atomic E-state index is 5.84. The summed E-state index contributed by atoms with van der Waals surface area (Å²) in [6, 6.07) is 12.0. The number of imidazole rings is 1. The molecule has 6 nitrogen and oxygen atoms in total. The molecule has 0 atom stereocenters. The molecule has 2 aromatic heterocycles. The first-order valence-corrected chi connectivity index (χ1v) is 7.93. The number of nitrogens with one attached hydrogen (secondary N) is 2. The first kappa shape index (κ1) is 14.0. The number of fused-ring (bicyclic) bond motifs is 4. The molecule has 0 fully saturated rings. The van der Waals surface area contributed by atoms with E-state index in [9.17, 15) is 0 Å². The molecule has 0 unspecified atom stereocenters. The third-order valence-corrected chi connectivity index (χ3v) is 3.87. The number of hydrogen-bond donors (Lipinski definition) is 2. The van der Waals surface area contributed by atoms with Crippen molar-refractivity contribution in [1.29, 1.82) is 0 Å². The van der Waals surface area contributed by atoms with E-state index in [2.05, 4.69) is 26.8 Å². The number of aromatic nitrogens is 3. The number of hydrogen-bond acceptors (Lipinski definition) is 5. The Morgan fingerprint density at radius 3 is 3.09 bits per heavy atom. The fourth-order valence-electron chi connectivity index (χ4n) is 2.70. The molecule has 6 heteroatoms. The Morgan fingerprint density at radius 1 is 1.09 bits per heavy atom. The molecule has 118 valence electrons. The zero-order valence-electron chi connectivity index (χ0n) is 12.8. The second-order valence-corrected chi connectivity index (χ2v) is 5.54. The van der Waals surface area contributed by atoms with E-state index in [1.165, 1.54) is 0 Å². The molecule has 3 aromatic rings. The Bertz CT molecular complexity index is 814. The molecule has 0 saturated heterocycles. The second-order valence-electron chi connectivity index (χ2n) is 5.54. The van der Waals surface area contributed by atoms with E-state index >= 15 is 0 Å². The minimum Gasteiger partial charge on any atom is -0.494 e. The molecule has 0 amide bonds. The summed E-state index contributed by atoms with van der Waals surface area (Å²) in [7, 11) is 0. The van der Waals surface area contributed by atoms with Crippen molar-refractivity contribution in [1.82, 2.24) is 19.9 Å². The Morgan fingerprint density at radius 2 is 2.09 bits per heavy atom. The number of nitrogens with zero attached hydrogens (tertiary/aromatic N) is 3. The van der Waals surface area contributed by atoms with Crippen LogP contribution in [0.2, 0.25) is 0 Å². The largest absolute Gasteiger partial charge is 0.494 e. The van der Waals surface area contributed by atoms with Gasteiger partial charge in [0.1, 0.15) is 11.6 Å². The quantitative estimate of drug-likeness (QED) is 0.666. The fraction of sp³-hybridized carbons (Fsp3) is 0.294. The summed E-state index contributed by atoms with van der Waals surface area (Å²) in [6.45, 7) is 3.37. The van der Waals surface area contributed by atoms with Gasteiger partial charge in [0.25, 0.3) is 0 Å². The normalized spacial score (nSPS) is 15.5. The Labute approximate surface area is 134 Å². The monoisotopic (exact) mass is 309 g/mol. The number of rotatable bonds is 0. The topological polar surface area (TPSA) is 63.5 Å². The van der Waals surface area contributed by atoms with E-state index in [1.807, 2.05) is 41.0 Å².